The van der Waals surface area contributed by atoms with Gasteiger partial charge in [-0.05, 0) is 12.5 Å². The summed E-state index contributed by atoms with van der Waals surface area (Å²) >= 11 is 5.66. The fraction of sp³-hybridized carbons (Fsp3) is 0.273. The van der Waals surface area contributed by atoms with E-state index in [0.29, 0.717) is 12.0 Å². The van der Waals surface area contributed by atoms with Gasteiger partial charge in [0.2, 0.25) is 0 Å². The summed E-state index contributed by atoms with van der Waals surface area (Å²) in [5.74, 6) is -0.0878. The normalized spacial score (nSPS) is 11.8. The number of nitrogens with zero attached hydrogens (tertiary/aromatic N) is 1. The first-order valence-corrected chi connectivity index (χ1v) is 4.73. The Balaban J connectivity index is 2.84. The first kappa shape index (κ1) is 10.7. The predicted molar refractivity (Wildman–Crippen MR) is 55.4 cm³/mol. The minimum atomic E-state index is -0.503. The number of carbonyl (C=O) groups is 1. The van der Waals surface area contributed by atoms with Gasteiger partial charge in [-0.15, -0.1) is 11.6 Å². The minimum Gasteiger partial charge on any atom is -0.293 e. The highest BCUT2D eigenvalue weighted by molar-refractivity contribution is 6.33. The summed E-state index contributed by atoms with van der Waals surface area (Å²) in [6.07, 6.45) is 0.366. The third kappa shape index (κ3) is 2.58. The summed E-state index contributed by atoms with van der Waals surface area (Å²) in [6.45, 7) is 1.65. The molecule has 3 heteroatoms. The third-order valence-electron chi connectivity index (χ3n) is 1.88. The fourth-order valence-electron chi connectivity index (χ4n) is 1.11. The maximum Gasteiger partial charge on any atom is 0.180 e. The van der Waals surface area contributed by atoms with Crippen LogP contribution in [0.15, 0.2) is 24.3 Å². The van der Waals surface area contributed by atoms with Crippen molar-refractivity contribution in [2.75, 3.05) is 0 Å². The van der Waals surface area contributed by atoms with Crippen LogP contribution in [0.4, 0.5) is 0 Å². The molecule has 0 spiro atoms. The van der Waals surface area contributed by atoms with E-state index in [2.05, 4.69) is 0 Å². The lowest BCUT2D eigenvalue weighted by molar-refractivity contribution is 0.0992. The lowest BCUT2D eigenvalue weighted by Crippen LogP contribution is -2.10. The topological polar surface area (TPSA) is 40.9 Å². The monoisotopic (exact) mass is 207 g/mol. The Labute approximate surface area is 88.1 Å². The number of ketones is 1. The van der Waals surface area contributed by atoms with Gasteiger partial charge in [-0.3, -0.25) is 4.79 Å². The quantitative estimate of drug-likeness (QED) is 0.565. The molecule has 0 aliphatic rings. The standard InChI is InChI=1S/C11H10ClNO/c1-8(12)11(14)10-4-2-9(3-5-10)6-7-13/h2-5,8H,6H2,1H3. The molecule has 0 saturated carbocycles. The maximum atomic E-state index is 11.4. The molecule has 0 aliphatic heterocycles. The molecule has 1 rings (SSSR count). The zero-order chi connectivity index (χ0) is 10.6. The summed E-state index contributed by atoms with van der Waals surface area (Å²) in [5.41, 5.74) is 1.50. The number of benzene rings is 1. The second-order valence-electron chi connectivity index (χ2n) is 3.01. The third-order valence-corrected chi connectivity index (χ3v) is 2.08. The van der Waals surface area contributed by atoms with Crippen molar-refractivity contribution in [2.45, 2.75) is 18.7 Å². The Hall–Kier alpha value is -1.33. The summed E-state index contributed by atoms with van der Waals surface area (Å²) in [7, 11) is 0. The predicted octanol–water partition coefficient (Wildman–Crippen LogP) is 2.56. The van der Waals surface area contributed by atoms with E-state index in [-0.39, 0.29) is 5.78 Å². The molecule has 0 bridgehead atoms. The van der Waals surface area contributed by atoms with Crippen molar-refractivity contribution in [3.05, 3.63) is 35.4 Å². The van der Waals surface area contributed by atoms with E-state index in [0.717, 1.165) is 5.56 Å². The number of carbonyl (C=O) groups excluding carboxylic acids is 1. The van der Waals surface area contributed by atoms with Gasteiger partial charge >= 0.3 is 0 Å². The van der Waals surface area contributed by atoms with Gasteiger partial charge in [0.1, 0.15) is 0 Å². The zero-order valence-corrected chi connectivity index (χ0v) is 8.58. The van der Waals surface area contributed by atoms with Crippen molar-refractivity contribution in [1.82, 2.24) is 0 Å². The average molecular weight is 208 g/mol. The highest BCUT2D eigenvalue weighted by Gasteiger charge is 2.11. The van der Waals surface area contributed by atoms with Crippen molar-refractivity contribution < 1.29 is 4.79 Å². The molecule has 1 unspecified atom stereocenters. The molecule has 0 heterocycles. The first-order valence-electron chi connectivity index (χ1n) is 4.29. The van der Waals surface area contributed by atoms with Crippen LogP contribution in [-0.2, 0) is 6.42 Å². The van der Waals surface area contributed by atoms with Gasteiger partial charge in [-0.1, -0.05) is 24.3 Å². The van der Waals surface area contributed by atoms with E-state index in [1.54, 1.807) is 31.2 Å². The Kier molecular flexibility index (Phi) is 3.67. The Morgan fingerprint density at radius 3 is 2.50 bits per heavy atom. The van der Waals surface area contributed by atoms with E-state index in [1.807, 2.05) is 6.07 Å². The van der Waals surface area contributed by atoms with Gasteiger partial charge in [0, 0.05) is 5.56 Å². The average Bonchev–Trinajstić information content (AvgIpc) is 2.18. The molecular formula is C11H10ClNO. The molecule has 72 valence electrons. The lowest BCUT2D eigenvalue weighted by Gasteiger charge is -2.02. The molecule has 0 saturated heterocycles. The smallest absolute Gasteiger partial charge is 0.180 e. The Morgan fingerprint density at radius 1 is 1.50 bits per heavy atom. The summed E-state index contributed by atoms with van der Waals surface area (Å²) < 4.78 is 0. The first-order chi connectivity index (χ1) is 6.65. The lowest BCUT2D eigenvalue weighted by atomic mass is 10.1. The molecule has 1 atom stereocenters. The number of rotatable bonds is 3. The van der Waals surface area contributed by atoms with Gasteiger partial charge in [0.05, 0.1) is 17.9 Å². The number of hydrogen-bond acceptors (Lipinski definition) is 2. The largest absolute Gasteiger partial charge is 0.293 e. The van der Waals surface area contributed by atoms with Crippen molar-refractivity contribution >= 4 is 17.4 Å². The van der Waals surface area contributed by atoms with E-state index in [1.165, 1.54) is 0 Å². The maximum absolute atomic E-state index is 11.4. The van der Waals surface area contributed by atoms with Gasteiger partial charge in [0.25, 0.3) is 0 Å². The molecule has 0 aliphatic carbocycles. The van der Waals surface area contributed by atoms with Crippen LogP contribution in [0.25, 0.3) is 0 Å². The van der Waals surface area contributed by atoms with Crippen molar-refractivity contribution in [3.63, 3.8) is 0 Å². The van der Waals surface area contributed by atoms with E-state index < -0.39 is 5.38 Å². The molecule has 0 amide bonds. The van der Waals surface area contributed by atoms with E-state index in [9.17, 15) is 4.79 Å². The molecule has 14 heavy (non-hydrogen) atoms. The molecule has 1 aromatic rings. The van der Waals surface area contributed by atoms with Crippen LogP contribution in [-0.4, -0.2) is 11.2 Å². The van der Waals surface area contributed by atoms with Crippen molar-refractivity contribution in [1.29, 1.82) is 5.26 Å². The Morgan fingerprint density at radius 2 is 2.07 bits per heavy atom. The molecule has 0 radical (unpaired) electrons. The fourth-order valence-corrected chi connectivity index (χ4v) is 1.23. The van der Waals surface area contributed by atoms with Gasteiger partial charge < -0.3 is 0 Å². The Bertz CT molecular complexity index is 362. The molecule has 0 fully saturated rings. The van der Waals surface area contributed by atoms with Crippen LogP contribution < -0.4 is 0 Å². The molecule has 0 N–H and O–H groups in total. The van der Waals surface area contributed by atoms with Crippen molar-refractivity contribution in [3.8, 4) is 6.07 Å². The van der Waals surface area contributed by atoms with Crippen LogP contribution in [0.1, 0.15) is 22.8 Å². The van der Waals surface area contributed by atoms with Crippen LogP contribution in [0.2, 0.25) is 0 Å². The number of nitriles is 1. The van der Waals surface area contributed by atoms with Crippen LogP contribution in [0.5, 0.6) is 0 Å². The highest BCUT2D eigenvalue weighted by Crippen LogP contribution is 2.10. The molecule has 0 aromatic heterocycles. The van der Waals surface area contributed by atoms with Gasteiger partial charge in [-0.25, -0.2) is 0 Å². The highest BCUT2D eigenvalue weighted by atomic mass is 35.5. The second kappa shape index (κ2) is 4.78. The summed E-state index contributed by atoms with van der Waals surface area (Å²) in [4.78, 5) is 11.4. The number of Topliss-reactive ketones (excluding diaryl/α,β-unsaturated/α-hetero) is 1. The van der Waals surface area contributed by atoms with Crippen molar-refractivity contribution in [2.24, 2.45) is 0 Å². The van der Waals surface area contributed by atoms with Crippen LogP contribution in [0, 0.1) is 11.3 Å². The van der Waals surface area contributed by atoms with Crippen LogP contribution in [0.3, 0.4) is 0 Å². The second-order valence-corrected chi connectivity index (χ2v) is 3.67. The SMILES string of the molecule is CC(Cl)C(=O)c1ccc(CC#N)cc1. The molecule has 1 aromatic carbocycles. The summed E-state index contributed by atoms with van der Waals surface area (Å²) in [6, 6.07) is 9.00. The van der Waals surface area contributed by atoms with Gasteiger partial charge in [0.15, 0.2) is 5.78 Å². The number of halogens is 1. The van der Waals surface area contributed by atoms with E-state index in [4.69, 9.17) is 16.9 Å². The number of hydrogen-bond donors (Lipinski definition) is 0. The minimum absolute atomic E-state index is 0.0878. The molecular weight excluding hydrogens is 198 g/mol. The van der Waals surface area contributed by atoms with Gasteiger partial charge in [-0.2, -0.15) is 5.26 Å². The van der Waals surface area contributed by atoms with Crippen LogP contribution >= 0.6 is 11.6 Å². The molecule has 2 nitrogen and oxygen atoms in total. The summed E-state index contributed by atoms with van der Waals surface area (Å²) in [5, 5.41) is 7.95. The van der Waals surface area contributed by atoms with E-state index >= 15 is 0 Å². The zero-order valence-electron chi connectivity index (χ0n) is 7.83. The number of alkyl halides is 1.